The molecule has 0 aliphatic carbocycles. The van der Waals surface area contributed by atoms with Crippen molar-refractivity contribution >= 4 is 21.7 Å². The fourth-order valence-corrected chi connectivity index (χ4v) is 4.08. The number of hydrogen-bond donors (Lipinski definition) is 1. The first-order valence-corrected chi connectivity index (χ1v) is 11.5. The van der Waals surface area contributed by atoms with Crippen molar-refractivity contribution in [1.82, 2.24) is 0 Å². The number of ether oxygens (including phenoxy) is 4. The van der Waals surface area contributed by atoms with Crippen LogP contribution < -0.4 is 18.9 Å². The van der Waals surface area contributed by atoms with Gasteiger partial charge in [-0.2, -0.15) is 0 Å². The van der Waals surface area contributed by atoms with E-state index in [-0.39, 0.29) is 35.1 Å². The second-order valence-corrected chi connectivity index (χ2v) is 8.59. The first-order valence-electron chi connectivity index (χ1n) is 9.99. The maximum Gasteiger partial charge on any atom is 0.338 e. The summed E-state index contributed by atoms with van der Waals surface area (Å²) < 4.78 is 62.5. The molecule has 0 aromatic heterocycles. The number of hydrogen-bond acceptors (Lipinski definition) is 7. The van der Waals surface area contributed by atoms with Gasteiger partial charge in [0.15, 0.2) is 23.1 Å². The highest BCUT2D eigenvalue weighted by Crippen LogP contribution is 2.32. The largest absolute Gasteiger partial charge is 0.487 e. The van der Waals surface area contributed by atoms with Crippen LogP contribution in [0.25, 0.3) is 0 Å². The van der Waals surface area contributed by atoms with Crippen LogP contribution in [0.1, 0.15) is 10.4 Å². The topological polar surface area (TPSA) is 100 Å². The van der Waals surface area contributed by atoms with Crippen LogP contribution >= 0.6 is 0 Å². The third kappa shape index (κ3) is 5.53. The van der Waals surface area contributed by atoms with Crippen molar-refractivity contribution in [2.45, 2.75) is 4.90 Å². The number of carbonyl (C=O) groups is 1. The van der Waals surface area contributed by atoms with Crippen molar-refractivity contribution in [2.75, 3.05) is 31.1 Å². The number of benzene rings is 3. The molecule has 0 radical (unpaired) electrons. The van der Waals surface area contributed by atoms with Gasteiger partial charge in [-0.1, -0.05) is 12.1 Å². The normalized spacial score (nSPS) is 12.6. The van der Waals surface area contributed by atoms with E-state index in [0.717, 1.165) is 0 Å². The van der Waals surface area contributed by atoms with E-state index in [2.05, 4.69) is 4.72 Å². The summed E-state index contributed by atoms with van der Waals surface area (Å²) in [6.07, 6.45) is 0. The van der Waals surface area contributed by atoms with E-state index in [1.165, 1.54) is 54.6 Å². The first kappa shape index (κ1) is 22.4. The summed E-state index contributed by atoms with van der Waals surface area (Å²) in [5, 5.41) is 0. The van der Waals surface area contributed by atoms with Crippen LogP contribution in [0, 0.1) is 5.82 Å². The predicted molar refractivity (Wildman–Crippen MR) is 117 cm³/mol. The van der Waals surface area contributed by atoms with Gasteiger partial charge in [-0.25, -0.2) is 17.6 Å². The zero-order chi connectivity index (χ0) is 23.3. The molecule has 1 aliphatic rings. The Morgan fingerprint density at radius 1 is 0.939 bits per heavy atom. The molecule has 10 heteroatoms. The van der Waals surface area contributed by atoms with Crippen molar-refractivity contribution in [2.24, 2.45) is 0 Å². The van der Waals surface area contributed by atoms with Gasteiger partial charge < -0.3 is 18.9 Å². The maximum absolute atomic E-state index is 13.5. The lowest BCUT2D eigenvalue weighted by Crippen LogP contribution is -2.17. The van der Waals surface area contributed by atoms with Crippen LogP contribution in [-0.2, 0) is 14.8 Å². The zero-order valence-electron chi connectivity index (χ0n) is 17.3. The molecule has 0 amide bonds. The van der Waals surface area contributed by atoms with E-state index in [9.17, 15) is 17.6 Å². The minimum Gasteiger partial charge on any atom is -0.487 e. The Morgan fingerprint density at radius 2 is 1.67 bits per heavy atom. The Bertz CT molecular complexity index is 1250. The third-order valence-electron chi connectivity index (χ3n) is 4.61. The average Bonchev–Trinajstić information content (AvgIpc) is 2.82. The summed E-state index contributed by atoms with van der Waals surface area (Å²) in [5.74, 6) is -0.196. The minimum absolute atomic E-state index is 0.0138. The van der Waals surface area contributed by atoms with Crippen molar-refractivity contribution in [1.29, 1.82) is 0 Å². The Labute approximate surface area is 189 Å². The second-order valence-electron chi connectivity index (χ2n) is 6.90. The monoisotopic (exact) mass is 473 g/mol. The molecule has 0 atom stereocenters. The van der Waals surface area contributed by atoms with Gasteiger partial charge in [0.05, 0.1) is 10.5 Å². The van der Waals surface area contributed by atoms with Crippen molar-refractivity contribution in [3.05, 3.63) is 78.1 Å². The molecule has 172 valence electrons. The number of para-hydroxylation sites is 1. The summed E-state index contributed by atoms with van der Waals surface area (Å²) in [7, 11) is -3.88. The molecule has 1 heterocycles. The van der Waals surface area contributed by atoms with Crippen LogP contribution in [0.3, 0.4) is 0 Å². The van der Waals surface area contributed by atoms with Crippen LogP contribution in [0.5, 0.6) is 17.2 Å². The Balaban J connectivity index is 1.32. The van der Waals surface area contributed by atoms with E-state index in [4.69, 9.17) is 18.9 Å². The second kappa shape index (κ2) is 9.78. The van der Waals surface area contributed by atoms with Gasteiger partial charge in [-0.3, -0.25) is 4.72 Å². The summed E-state index contributed by atoms with van der Waals surface area (Å²) in [4.78, 5) is 12.2. The molecular weight excluding hydrogens is 453 g/mol. The summed E-state index contributed by atoms with van der Waals surface area (Å²) in [5.41, 5.74) is 0.493. The number of anilines is 1. The number of carbonyl (C=O) groups excluding carboxylic acids is 1. The molecule has 3 aromatic carbocycles. The highest BCUT2D eigenvalue weighted by Gasteiger charge is 2.20. The average molecular weight is 473 g/mol. The summed E-state index contributed by atoms with van der Waals surface area (Å²) in [6.45, 7) is 0.660. The molecular formula is C23H20FNO7S. The molecule has 4 rings (SSSR count). The molecule has 0 fully saturated rings. The molecule has 0 saturated heterocycles. The van der Waals surface area contributed by atoms with Gasteiger partial charge in [0, 0.05) is 11.8 Å². The standard InChI is InChI=1S/C23H20FNO7S/c24-19-3-1-2-4-20(19)29-13-14-32-23(26)16-5-7-17(8-6-16)25-33(27,28)18-9-10-21-22(15-18)31-12-11-30-21/h1-10,15,25H,11-14H2. The van der Waals surface area contributed by atoms with E-state index < -0.39 is 21.8 Å². The SMILES string of the molecule is O=C(OCCOc1ccccc1F)c1ccc(NS(=O)(=O)c2ccc3c(c2)OCCO3)cc1. The Morgan fingerprint density at radius 3 is 2.42 bits per heavy atom. The van der Waals surface area contributed by atoms with E-state index in [1.807, 2.05) is 0 Å². The molecule has 33 heavy (non-hydrogen) atoms. The predicted octanol–water partition coefficient (Wildman–Crippen LogP) is 3.63. The van der Waals surface area contributed by atoms with Crippen molar-refractivity contribution in [3.63, 3.8) is 0 Å². The number of nitrogens with one attached hydrogen (secondary N) is 1. The molecule has 0 unspecified atom stereocenters. The van der Waals surface area contributed by atoms with Gasteiger partial charge in [0.25, 0.3) is 10.0 Å². The van der Waals surface area contributed by atoms with Gasteiger partial charge in [-0.15, -0.1) is 0 Å². The fraction of sp³-hybridized carbons (Fsp3) is 0.174. The number of halogens is 1. The smallest absolute Gasteiger partial charge is 0.338 e. The summed E-state index contributed by atoms with van der Waals surface area (Å²) in [6, 6.07) is 16.0. The van der Waals surface area contributed by atoms with E-state index in [0.29, 0.717) is 24.7 Å². The number of fused-ring (bicyclic) bond motifs is 1. The highest BCUT2D eigenvalue weighted by atomic mass is 32.2. The summed E-state index contributed by atoms with van der Waals surface area (Å²) >= 11 is 0. The molecule has 0 bridgehead atoms. The molecule has 1 N–H and O–H groups in total. The molecule has 0 saturated carbocycles. The lowest BCUT2D eigenvalue weighted by Gasteiger charge is -2.19. The number of sulfonamides is 1. The lowest BCUT2D eigenvalue weighted by atomic mass is 10.2. The lowest BCUT2D eigenvalue weighted by molar-refractivity contribution is 0.0448. The quantitative estimate of drug-likeness (QED) is 0.394. The van der Waals surface area contributed by atoms with E-state index in [1.54, 1.807) is 12.1 Å². The van der Waals surface area contributed by atoms with Crippen molar-refractivity contribution in [3.8, 4) is 17.2 Å². The van der Waals surface area contributed by atoms with Crippen molar-refractivity contribution < 1.29 is 36.6 Å². The zero-order valence-corrected chi connectivity index (χ0v) is 18.1. The van der Waals surface area contributed by atoms with E-state index >= 15 is 0 Å². The fourth-order valence-electron chi connectivity index (χ4n) is 3.01. The maximum atomic E-state index is 13.5. The van der Waals surface area contributed by atoms with Crippen LogP contribution in [0.4, 0.5) is 10.1 Å². The molecule has 1 aliphatic heterocycles. The van der Waals surface area contributed by atoms with Crippen LogP contribution in [-0.4, -0.2) is 40.8 Å². The Kier molecular flexibility index (Phi) is 6.64. The minimum atomic E-state index is -3.88. The van der Waals surface area contributed by atoms with Gasteiger partial charge in [-0.05, 0) is 48.5 Å². The highest BCUT2D eigenvalue weighted by molar-refractivity contribution is 7.92. The molecule has 8 nitrogen and oxygen atoms in total. The Hall–Kier alpha value is -3.79. The van der Waals surface area contributed by atoms with Crippen LogP contribution in [0.15, 0.2) is 71.6 Å². The number of rotatable bonds is 8. The first-order chi connectivity index (χ1) is 15.9. The molecule has 3 aromatic rings. The number of esters is 1. The van der Waals surface area contributed by atoms with Gasteiger partial charge in [0.1, 0.15) is 26.4 Å². The molecule has 0 spiro atoms. The third-order valence-corrected chi connectivity index (χ3v) is 5.99. The van der Waals surface area contributed by atoms with Crippen LogP contribution in [0.2, 0.25) is 0 Å². The van der Waals surface area contributed by atoms with Gasteiger partial charge in [0.2, 0.25) is 0 Å². The van der Waals surface area contributed by atoms with Gasteiger partial charge >= 0.3 is 5.97 Å².